The van der Waals surface area contributed by atoms with Crippen LogP contribution in [-0.2, 0) is 11.2 Å². The summed E-state index contributed by atoms with van der Waals surface area (Å²) in [5.41, 5.74) is 3.44. The van der Waals surface area contributed by atoms with Crippen LogP contribution in [0.2, 0.25) is 5.02 Å². The number of carbonyl (C=O) groups is 1. The maximum atomic E-state index is 12.9. The first kappa shape index (κ1) is 18.7. The number of nitrogens with zero attached hydrogens (tertiary/aromatic N) is 1. The third-order valence-electron chi connectivity index (χ3n) is 5.07. The number of aromatic nitrogens is 1. The second kappa shape index (κ2) is 8.13. The van der Waals surface area contributed by atoms with E-state index < -0.39 is 5.54 Å². The highest BCUT2D eigenvalue weighted by Gasteiger charge is 2.36. The second-order valence-electron chi connectivity index (χ2n) is 7.16. The molecule has 0 bridgehead atoms. The van der Waals surface area contributed by atoms with Crippen LogP contribution >= 0.6 is 11.6 Å². The lowest BCUT2D eigenvalue weighted by Gasteiger charge is -2.29. The summed E-state index contributed by atoms with van der Waals surface area (Å²) < 4.78 is 5.62. The molecule has 5 heteroatoms. The number of ether oxygens (including phenoxy) is 1. The van der Waals surface area contributed by atoms with Crippen molar-refractivity contribution in [3.63, 3.8) is 0 Å². The maximum Gasteiger partial charge on any atom is 0.251 e. The average molecular weight is 393 g/mol. The minimum Gasteiger partial charge on any atom is -0.379 e. The quantitative estimate of drug-likeness (QED) is 0.693. The highest BCUT2D eigenvalue weighted by molar-refractivity contribution is 6.30. The van der Waals surface area contributed by atoms with E-state index in [9.17, 15) is 4.79 Å². The maximum absolute atomic E-state index is 12.9. The van der Waals surface area contributed by atoms with Crippen molar-refractivity contribution in [1.82, 2.24) is 10.3 Å². The summed E-state index contributed by atoms with van der Waals surface area (Å²) in [6, 6.07) is 19.3. The van der Waals surface area contributed by atoms with Gasteiger partial charge in [-0.25, -0.2) is 0 Å². The Morgan fingerprint density at radius 3 is 2.50 bits per heavy atom. The molecule has 0 radical (unpaired) electrons. The summed E-state index contributed by atoms with van der Waals surface area (Å²) in [5, 5.41) is 3.92. The molecular weight excluding hydrogens is 372 g/mol. The van der Waals surface area contributed by atoms with Crippen molar-refractivity contribution in [3.05, 3.63) is 89.2 Å². The number of carbonyl (C=O) groups excluding carboxylic acids is 1. The van der Waals surface area contributed by atoms with E-state index in [1.54, 1.807) is 12.4 Å². The standard InChI is InChI=1S/C23H21ClN2O2/c24-21-3-1-2-17(14-21)15-23(10-13-28-16-23)26-22(27)20-6-4-18(5-7-20)19-8-11-25-12-9-19/h1-9,11-12,14H,10,13,15-16H2,(H,26,27). The highest BCUT2D eigenvalue weighted by Crippen LogP contribution is 2.26. The summed E-state index contributed by atoms with van der Waals surface area (Å²) >= 11 is 6.12. The van der Waals surface area contributed by atoms with E-state index in [1.165, 1.54) is 0 Å². The fourth-order valence-electron chi connectivity index (χ4n) is 3.60. The summed E-state index contributed by atoms with van der Waals surface area (Å²) in [6.45, 7) is 1.14. The van der Waals surface area contributed by atoms with Gasteiger partial charge in [0.15, 0.2) is 0 Å². The van der Waals surface area contributed by atoms with E-state index in [-0.39, 0.29) is 5.91 Å². The fourth-order valence-corrected chi connectivity index (χ4v) is 3.81. The molecule has 2 aromatic carbocycles. The van der Waals surface area contributed by atoms with E-state index in [0.29, 0.717) is 30.2 Å². The number of hydrogen-bond donors (Lipinski definition) is 1. The van der Waals surface area contributed by atoms with Crippen LogP contribution in [0.4, 0.5) is 0 Å². The Hall–Kier alpha value is -2.69. The zero-order chi connectivity index (χ0) is 19.4. The normalized spacial score (nSPS) is 18.8. The molecule has 1 aliphatic rings. The largest absolute Gasteiger partial charge is 0.379 e. The topological polar surface area (TPSA) is 51.2 Å². The number of rotatable bonds is 5. The van der Waals surface area contributed by atoms with Gasteiger partial charge in [-0.2, -0.15) is 0 Å². The number of pyridine rings is 1. The number of benzene rings is 2. The van der Waals surface area contributed by atoms with Gasteiger partial charge in [0.1, 0.15) is 0 Å². The van der Waals surface area contributed by atoms with Gasteiger partial charge in [0.25, 0.3) is 5.91 Å². The van der Waals surface area contributed by atoms with Gasteiger partial charge in [0.2, 0.25) is 0 Å². The Kier molecular flexibility index (Phi) is 5.42. The van der Waals surface area contributed by atoms with Crippen molar-refractivity contribution in [2.24, 2.45) is 0 Å². The predicted molar refractivity (Wildman–Crippen MR) is 110 cm³/mol. The average Bonchev–Trinajstić information content (AvgIpc) is 3.16. The van der Waals surface area contributed by atoms with E-state index in [1.807, 2.05) is 60.7 Å². The molecule has 1 amide bonds. The van der Waals surface area contributed by atoms with Crippen molar-refractivity contribution >= 4 is 17.5 Å². The van der Waals surface area contributed by atoms with Crippen molar-refractivity contribution in [1.29, 1.82) is 0 Å². The Balaban J connectivity index is 1.50. The van der Waals surface area contributed by atoms with Crippen molar-refractivity contribution in [2.45, 2.75) is 18.4 Å². The number of nitrogens with one attached hydrogen (secondary N) is 1. The minimum atomic E-state index is -0.411. The predicted octanol–water partition coefficient (Wildman–Crippen LogP) is 4.53. The molecule has 4 rings (SSSR count). The molecule has 4 nitrogen and oxygen atoms in total. The fraction of sp³-hybridized carbons (Fsp3) is 0.217. The van der Waals surface area contributed by atoms with Gasteiger partial charge in [-0.3, -0.25) is 9.78 Å². The molecule has 0 saturated carbocycles. The molecule has 2 heterocycles. The highest BCUT2D eigenvalue weighted by atomic mass is 35.5. The minimum absolute atomic E-state index is 0.0891. The van der Waals surface area contributed by atoms with Gasteiger partial charge in [0.05, 0.1) is 12.1 Å². The third-order valence-corrected chi connectivity index (χ3v) is 5.31. The Labute approximate surface area is 169 Å². The molecular formula is C23H21ClN2O2. The van der Waals surface area contributed by atoms with Crippen LogP contribution in [0.25, 0.3) is 11.1 Å². The van der Waals surface area contributed by atoms with Crippen LogP contribution in [0.1, 0.15) is 22.3 Å². The molecule has 1 saturated heterocycles. The van der Waals surface area contributed by atoms with Crippen molar-refractivity contribution < 1.29 is 9.53 Å². The molecule has 1 aliphatic heterocycles. The summed E-state index contributed by atoms with van der Waals surface area (Å²) in [6.07, 6.45) is 4.99. The molecule has 1 fully saturated rings. The molecule has 142 valence electrons. The smallest absolute Gasteiger partial charge is 0.251 e. The second-order valence-corrected chi connectivity index (χ2v) is 7.59. The van der Waals surface area contributed by atoms with E-state index in [2.05, 4.69) is 10.3 Å². The van der Waals surface area contributed by atoms with Gasteiger partial charge in [-0.1, -0.05) is 35.9 Å². The molecule has 28 heavy (non-hydrogen) atoms. The zero-order valence-corrected chi connectivity index (χ0v) is 16.2. The Morgan fingerprint density at radius 1 is 1.07 bits per heavy atom. The molecule has 1 atom stereocenters. The first-order valence-corrected chi connectivity index (χ1v) is 9.67. The van der Waals surface area contributed by atoms with E-state index in [4.69, 9.17) is 16.3 Å². The first-order chi connectivity index (χ1) is 13.6. The SMILES string of the molecule is O=C(NC1(Cc2cccc(Cl)c2)CCOC1)c1ccc(-c2ccncc2)cc1. The van der Waals surface area contributed by atoms with Gasteiger partial charge < -0.3 is 10.1 Å². The van der Waals surface area contributed by atoms with Crippen LogP contribution in [0.5, 0.6) is 0 Å². The van der Waals surface area contributed by atoms with Crippen molar-refractivity contribution in [3.8, 4) is 11.1 Å². The third kappa shape index (κ3) is 4.24. The Morgan fingerprint density at radius 2 is 1.82 bits per heavy atom. The molecule has 3 aromatic rings. The van der Waals surface area contributed by atoms with E-state index in [0.717, 1.165) is 23.1 Å². The van der Waals surface area contributed by atoms with E-state index >= 15 is 0 Å². The number of hydrogen-bond acceptors (Lipinski definition) is 3. The summed E-state index contributed by atoms with van der Waals surface area (Å²) in [5.74, 6) is -0.0891. The molecule has 1 aromatic heterocycles. The molecule has 0 aliphatic carbocycles. The summed E-state index contributed by atoms with van der Waals surface area (Å²) in [7, 11) is 0. The van der Waals surface area contributed by atoms with Crippen molar-refractivity contribution in [2.75, 3.05) is 13.2 Å². The van der Waals surface area contributed by atoms with Gasteiger partial charge in [-0.15, -0.1) is 0 Å². The monoisotopic (exact) mass is 392 g/mol. The van der Waals surface area contributed by atoms with Gasteiger partial charge in [-0.05, 0) is 65.9 Å². The Bertz CT molecular complexity index is 952. The van der Waals surface area contributed by atoms with Gasteiger partial charge >= 0.3 is 0 Å². The molecule has 1 unspecified atom stereocenters. The molecule has 0 spiro atoms. The van der Waals surface area contributed by atoms with Crippen LogP contribution in [-0.4, -0.2) is 29.6 Å². The molecule has 1 N–H and O–H groups in total. The lowest BCUT2D eigenvalue weighted by molar-refractivity contribution is 0.0877. The number of halogens is 1. The lowest BCUT2D eigenvalue weighted by atomic mass is 9.89. The van der Waals surface area contributed by atoms with Gasteiger partial charge in [0, 0.05) is 29.6 Å². The number of amides is 1. The first-order valence-electron chi connectivity index (χ1n) is 9.29. The lowest BCUT2D eigenvalue weighted by Crippen LogP contribution is -2.50. The van der Waals surface area contributed by atoms with Crippen LogP contribution in [0.15, 0.2) is 73.1 Å². The van der Waals surface area contributed by atoms with Crippen LogP contribution in [0.3, 0.4) is 0 Å². The van der Waals surface area contributed by atoms with Crippen LogP contribution in [0, 0.1) is 0 Å². The zero-order valence-electron chi connectivity index (χ0n) is 15.4. The van der Waals surface area contributed by atoms with Crippen LogP contribution < -0.4 is 5.32 Å². The summed E-state index contributed by atoms with van der Waals surface area (Å²) in [4.78, 5) is 16.9.